The van der Waals surface area contributed by atoms with Gasteiger partial charge in [0.1, 0.15) is 0 Å². The van der Waals surface area contributed by atoms with Crippen LogP contribution in [0.2, 0.25) is 0 Å². The fourth-order valence-corrected chi connectivity index (χ4v) is 2.80. The molecule has 104 valence electrons. The predicted octanol–water partition coefficient (Wildman–Crippen LogP) is 3.19. The largest absolute Gasteiger partial charge is 0.397 e. The number of hydrogen-bond donors (Lipinski definition) is 1. The number of nitro benzene ring substituents is 1. The molecule has 0 bridgehead atoms. The molecule has 2 N–H and O–H groups in total. The molecule has 0 atom stereocenters. The molecule has 19 heavy (non-hydrogen) atoms. The maximum absolute atomic E-state index is 10.7. The van der Waals surface area contributed by atoms with Crippen LogP contribution in [0.3, 0.4) is 0 Å². The van der Waals surface area contributed by atoms with Crippen molar-refractivity contribution in [3.05, 3.63) is 28.3 Å². The highest BCUT2D eigenvalue weighted by molar-refractivity contribution is 5.70. The zero-order chi connectivity index (χ0) is 14.0. The molecular weight excluding hydrogens is 242 g/mol. The van der Waals surface area contributed by atoms with E-state index in [0.717, 1.165) is 24.4 Å². The second-order valence-electron chi connectivity index (χ2n) is 5.52. The van der Waals surface area contributed by atoms with Gasteiger partial charge < -0.3 is 10.6 Å². The molecule has 2 rings (SSSR count). The molecule has 1 aliphatic rings. The number of rotatable bonds is 3. The van der Waals surface area contributed by atoms with Crippen LogP contribution in [0.25, 0.3) is 0 Å². The summed E-state index contributed by atoms with van der Waals surface area (Å²) in [6, 6.07) is 5.20. The highest BCUT2D eigenvalue weighted by Crippen LogP contribution is 2.33. The second-order valence-corrected chi connectivity index (χ2v) is 5.52. The quantitative estimate of drug-likeness (QED) is 0.516. The van der Waals surface area contributed by atoms with E-state index in [1.807, 2.05) is 7.05 Å². The van der Waals surface area contributed by atoms with Crippen LogP contribution in [0.4, 0.5) is 17.1 Å². The number of nitrogens with zero attached hydrogens (tertiary/aromatic N) is 2. The molecule has 1 aromatic carbocycles. The monoisotopic (exact) mass is 263 g/mol. The zero-order valence-electron chi connectivity index (χ0n) is 11.5. The molecule has 0 aromatic heterocycles. The SMILES string of the molecule is CC1CCC(N(C)c2ccc([N+](=O)[O-])cc2N)CC1. The van der Waals surface area contributed by atoms with Gasteiger partial charge in [-0.3, -0.25) is 10.1 Å². The normalized spacial score (nSPS) is 23.1. The van der Waals surface area contributed by atoms with E-state index in [0.29, 0.717) is 11.7 Å². The van der Waals surface area contributed by atoms with E-state index < -0.39 is 4.92 Å². The Bertz CT molecular complexity index is 468. The summed E-state index contributed by atoms with van der Waals surface area (Å²) in [5.74, 6) is 0.804. The number of nitrogen functional groups attached to an aromatic ring is 1. The minimum atomic E-state index is -0.414. The van der Waals surface area contributed by atoms with E-state index in [4.69, 9.17) is 5.73 Å². The highest BCUT2D eigenvalue weighted by atomic mass is 16.6. The third-order valence-corrected chi connectivity index (χ3v) is 4.14. The van der Waals surface area contributed by atoms with Gasteiger partial charge in [-0.2, -0.15) is 0 Å². The average Bonchev–Trinajstić information content (AvgIpc) is 2.38. The van der Waals surface area contributed by atoms with Crippen LogP contribution in [-0.2, 0) is 0 Å². The Morgan fingerprint density at radius 1 is 1.32 bits per heavy atom. The van der Waals surface area contributed by atoms with Crippen molar-refractivity contribution in [1.82, 2.24) is 0 Å². The first-order chi connectivity index (χ1) is 8.99. The Hall–Kier alpha value is -1.78. The lowest BCUT2D eigenvalue weighted by Crippen LogP contribution is -2.35. The van der Waals surface area contributed by atoms with Crippen LogP contribution in [-0.4, -0.2) is 18.0 Å². The number of hydrogen-bond acceptors (Lipinski definition) is 4. The van der Waals surface area contributed by atoms with Gasteiger partial charge in [0.05, 0.1) is 16.3 Å². The van der Waals surface area contributed by atoms with Crippen molar-refractivity contribution in [3.63, 3.8) is 0 Å². The summed E-state index contributed by atoms with van der Waals surface area (Å²) in [6.07, 6.45) is 4.80. The summed E-state index contributed by atoms with van der Waals surface area (Å²) in [5, 5.41) is 10.7. The van der Waals surface area contributed by atoms with Crippen molar-refractivity contribution in [1.29, 1.82) is 0 Å². The number of benzene rings is 1. The molecule has 5 heteroatoms. The second kappa shape index (κ2) is 5.47. The smallest absolute Gasteiger partial charge is 0.271 e. The molecule has 1 aromatic rings. The minimum Gasteiger partial charge on any atom is -0.397 e. The van der Waals surface area contributed by atoms with Crippen molar-refractivity contribution in [2.24, 2.45) is 5.92 Å². The first kappa shape index (κ1) is 13.6. The molecular formula is C14H21N3O2. The first-order valence-electron chi connectivity index (χ1n) is 6.75. The van der Waals surface area contributed by atoms with Crippen molar-refractivity contribution in [2.75, 3.05) is 17.7 Å². The van der Waals surface area contributed by atoms with E-state index in [2.05, 4.69) is 11.8 Å². The number of non-ortho nitro benzene ring substituents is 1. The fraction of sp³-hybridized carbons (Fsp3) is 0.571. The van der Waals surface area contributed by atoms with E-state index in [9.17, 15) is 10.1 Å². The number of anilines is 2. The van der Waals surface area contributed by atoms with Crippen molar-refractivity contribution in [2.45, 2.75) is 38.6 Å². The lowest BCUT2D eigenvalue weighted by molar-refractivity contribution is -0.384. The molecule has 1 saturated carbocycles. The summed E-state index contributed by atoms with van der Waals surface area (Å²) < 4.78 is 0. The molecule has 0 spiro atoms. The van der Waals surface area contributed by atoms with E-state index in [-0.39, 0.29) is 5.69 Å². The molecule has 1 fully saturated rings. The van der Waals surface area contributed by atoms with Crippen LogP contribution in [0.1, 0.15) is 32.6 Å². The van der Waals surface area contributed by atoms with Gasteiger partial charge in [-0.1, -0.05) is 6.92 Å². The molecule has 5 nitrogen and oxygen atoms in total. The summed E-state index contributed by atoms with van der Waals surface area (Å²) in [7, 11) is 2.03. The Morgan fingerprint density at radius 2 is 1.95 bits per heavy atom. The first-order valence-corrected chi connectivity index (χ1v) is 6.75. The fourth-order valence-electron chi connectivity index (χ4n) is 2.80. The summed E-state index contributed by atoms with van der Waals surface area (Å²) in [5.41, 5.74) is 7.37. The van der Waals surface area contributed by atoms with Crippen molar-refractivity contribution >= 4 is 17.1 Å². The average molecular weight is 263 g/mol. The standard InChI is InChI=1S/C14H21N3O2/c1-10-3-5-11(6-4-10)16(2)14-8-7-12(17(18)19)9-13(14)15/h7-11H,3-6,15H2,1-2H3. The molecule has 0 saturated heterocycles. The maximum atomic E-state index is 10.7. The van der Waals surface area contributed by atoms with Gasteiger partial charge in [-0.05, 0) is 37.7 Å². The topological polar surface area (TPSA) is 72.4 Å². The van der Waals surface area contributed by atoms with E-state index in [1.54, 1.807) is 6.07 Å². The van der Waals surface area contributed by atoms with Gasteiger partial charge in [0, 0.05) is 25.2 Å². The van der Waals surface area contributed by atoms with Gasteiger partial charge >= 0.3 is 0 Å². The number of nitro groups is 1. The Morgan fingerprint density at radius 3 is 2.47 bits per heavy atom. The van der Waals surface area contributed by atoms with Gasteiger partial charge in [0.25, 0.3) is 5.69 Å². The van der Waals surface area contributed by atoms with E-state index >= 15 is 0 Å². The lowest BCUT2D eigenvalue weighted by atomic mass is 9.86. The third kappa shape index (κ3) is 2.97. The molecule has 0 heterocycles. The van der Waals surface area contributed by atoms with E-state index in [1.165, 1.54) is 25.0 Å². The maximum Gasteiger partial charge on any atom is 0.271 e. The van der Waals surface area contributed by atoms with Crippen LogP contribution >= 0.6 is 0 Å². The molecule has 0 aliphatic heterocycles. The lowest BCUT2D eigenvalue weighted by Gasteiger charge is -2.35. The van der Waals surface area contributed by atoms with Crippen LogP contribution < -0.4 is 10.6 Å². The van der Waals surface area contributed by atoms with Gasteiger partial charge in [-0.15, -0.1) is 0 Å². The Kier molecular flexibility index (Phi) is 3.93. The predicted molar refractivity (Wildman–Crippen MR) is 77.3 cm³/mol. The van der Waals surface area contributed by atoms with Crippen LogP contribution in [0.5, 0.6) is 0 Å². The molecule has 1 aliphatic carbocycles. The van der Waals surface area contributed by atoms with Crippen LogP contribution in [0.15, 0.2) is 18.2 Å². The molecule has 0 unspecified atom stereocenters. The van der Waals surface area contributed by atoms with Crippen molar-refractivity contribution < 1.29 is 4.92 Å². The van der Waals surface area contributed by atoms with Gasteiger partial charge in [0.15, 0.2) is 0 Å². The molecule has 0 amide bonds. The van der Waals surface area contributed by atoms with Gasteiger partial charge in [-0.25, -0.2) is 0 Å². The summed E-state index contributed by atoms with van der Waals surface area (Å²) >= 11 is 0. The Labute approximate surface area is 113 Å². The van der Waals surface area contributed by atoms with Gasteiger partial charge in [0.2, 0.25) is 0 Å². The highest BCUT2D eigenvalue weighted by Gasteiger charge is 2.23. The summed E-state index contributed by atoms with van der Waals surface area (Å²) in [4.78, 5) is 12.5. The Balaban J connectivity index is 2.15. The van der Waals surface area contributed by atoms with Crippen LogP contribution in [0, 0.1) is 16.0 Å². The van der Waals surface area contributed by atoms with Crippen molar-refractivity contribution in [3.8, 4) is 0 Å². The minimum absolute atomic E-state index is 0.0481. The zero-order valence-corrected chi connectivity index (χ0v) is 11.5. The molecule has 0 radical (unpaired) electrons. The summed E-state index contributed by atoms with van der Waals surface area (Å²) in [6.45, 7) is 2.29. The number of nitrogens with two attached hydrogens (primary N) is 1. The third-order valence-electron chi connectivity index (χ3n) is 4.14.